The van der Waals surface area contributed by atoms with Crippen molar-refractivity contribution in [3.8, 4) is 5.75 Å². The quantitative estimate of drug-likeness (QED) is 0.862. The third-order valence-electron chi connectivity index (χ3n) is 3.21. The molecule has 0 aliphatic rings. The van der Waals surface area contributed by atoms with Crippen LogP contribution in [0.1, 0.15) is 29.8 Å². The number of hydrogen-bond acceptors (Lipinski definition) is 3. The van der Waals surface area contributed by atoms with E-state index in [2.05, 4.69) is 5.32 Å². The van der Waals surface area contributed by atoms with E-state index >= 15 is 0 Å². The standard InChI is InChI=1S/C18H21NO3/c1-18(2,13-20)19-17(21)15-10-8-14(9-11-15)12-22-16-6-4-3-5-7-16/h3-11,20H,12-13H2,1-2H3,(H,19,21). The van der Waals surface area contributed by atoms with Gasteiger partial charge in [-0.05, 0) is 43.7 Å². The molecule has 0 aliphatic heterocycles. The van der Waals surface area contributed by atoms with Crippen molar-refractivity contribution in [2.45, 2.75) is 26.0 Å². The smallest absolute Gasteiger partial charge is 0.251 e. The lowest BCUT2D eigenvalue weighted by Gasteiger charge is -2.23. The molecular weight excluding hydrogens is 278 g/mol. The summed E-state index contributed by atoms with van der Waals surface area (Å²) in [5.74, 6) is 0.614. The van der Waals surface area contributed by atoms with Gasteiger partial charge in [-0.15, -0.1) is 0 Å². The molecule has 0 unspecified atom stereocenters. The van der Waals surface area contributed by atoms with E-state index in [1.807, 2.05) is 42.5 Å². The molecule has 2 rings (SSSR count). The fourth-order valence-corrected chi connectivity index (χ4v) is 1.85. The summed E-state index contributed by atoms with van der Waals surface area (Å²) in [6.45, 7) is 3.88. The van der Waals surface area contributed by atoms with Crippen LogP contribution >= 0.6 is 0 Å². The van der Waals surface area contributed by atoms with Gasteiger partial charge in [-0.1, -0.05) is 30.3 Å². The molecule has 0 aromatic heterocycles. The van der Waals surface area contributed by atoms with Gasteiger partial charge in [0.1, 0.15) is 12.4 Å². The number of aliphatic hydroxyl groups is 1. The molecule has 1 amide bonds. The lowest BCUT2D eigenvalue weighted by atomic mass is 10.1. The van der Waals surface area contributed by atoms with Crippen LogP contribution in [0.2, 0.25) is 0 Å². The number of amides is 1. The Morgan fingerprint density at radius 2 is 1.73 bits per heavy atom. The first kappa shape index (κ1) is 16.0. The minimum Gasteiger partial charge on any atom is -0.489 e. The summed E-state index contributed by atoms with van der Waals surface area (Å²) in [4.78, 5) is 12.1. The first-order chi connectivity index (χ1) is 10.5. The molecule has 22 heavy (non-hydrogen) atoms. The maximum absolute atomic E-state index is 12.1. The molecule has 2 N–H and O–H groups in total. The van der Waals surface area contributed by atoms with Gasteiger partial charge >= 0.3 is 0 Å². The molecule has 0 bridgehead atoms. The van der Waals surface area contributed by atoms with E-state index in [-0.39, 0.29) is 12.5 Å². The number of aliphatic hydroxyl groups excluding tert-OH is 1. The molecule has 0 saturated carbocycles. The molecule has 0 heterocycles. The zero-order chi connectivity index (χ0) is 16.0. The Balaban J connectivity index is 1.94. The van der Waals surface area contributed by atoms with E-state index in [9.17, 15) is 9.90 Å². The molecule has 116 valence electrons. The van der Waals surface area contributed by atoms with Gasteiger partial charge in [0.05, 0.1) is 12.1 Å². The summed E-state index contributed by atoms with van der Waals surface area (Å²) in [5.41, 5.74) is 0.915. The second-order valence-corrected chi connectivity index (χ2v) is 5.79. The second kappa shape index (κ2) is 7.09. The Morgan fingerprint density at radius 3 is 2.32 bits per heavy atom. The van der Waals surface area contributed by atoms with Gasteiger partial charge in [0, 0.05) is 5.56 Å². The summed E-state index contributed by atoms with van der Waals surface area (Å²) < 4.78 is 5.66. The molecule has 2 aromatic rings. The molecule has 0 saturated heterocycles. The first-order valence-electron chi connectivity index (χ1n) is 7.20. The van der Waals surface area contributed by atoms with Crippen molar-refractivity contribution in [2.75, 3.05) is 6.61 Å². The van der Waals surface area contributed by atoms with Crippen molar-refractivity contribution in [3.63, 3.8) is 0 Å². The lowest BCUT2D eigenvalue weighted by Crippen LogP contribution is -2.46. The van der Waals surface area contributed by atoms with Crippen LogP contribution in [0.25, 0.3) is 0 Å². The Bertz CT molecular complexity index is 606. The third kappa shape index (κ3) is 4.60. The van der Waals surface area contributed by atoms with Gasteiger partial charge < -0.3 is 15.2 Å². The molecule has 0 radical (unpaired) electrons. The molecule has 4 heteroatoms. The highest BCUT2D eigenvalue weighted by atomic mass is 16.5. The number of benzene rings is 2. The highest BCUT2D eigenvalue weighted by molar-refractivity contribution is 5.94. The Morgan fingerprint density at radius 1 is 1.09 bits per heavy atom. The first-order valence-corrected chi connectivity index (χ1v) is 7.20. The second-order valence-electron chi connectivity index (χ2n) is 5.79. The van der Waals surface area contributed by atoms with Gasteiger partial charge in [0.2, 0.25) is 0 Å². The van der Waals surface area contributed by atoms with Crippen molar-refractivity contribution in [1.82, 2.24) is 5.32 Å². The molecule has 0 spiro atoms. The van der Waals surface area contributed by atoms with Crippen molar-refractivity contribution in [1.29, 1.82) is 0 Å². The van der Waals surface area contributed by atoms with Crippen LogP contribution in [-0.2, 0) is 6.61 Å². The maximum atomic E-state index is 12.1. The largest absolute Gasteiger partial charge is 0.489 e. The predicted octanol–water partition coefficient (Wildman–Crippen LogP) is 2.77. The number of carbonyl (C=O) groups excluding carboxylic acids is 1. The van der Waals surface area contributed by atoms with Crippen LogP contribution in [0.5, 0.6) is 5.75 Å². The van der Waals surface area contributed by atoms with Crippen molar-refractivity contribution in [2.24, 2.45) is 0 Å². The van der Waals surface area contributed by atoms with Crippen LogP contribution in [0.3, 0.4) is 0 Å². The van der Waals surface area contributed by atoms with E-state index in [1.165, 1.54) is 0 Å². The van der Waals surface area contributed by atoms with Gasteiger partial charge in [-0.2, -0.15) is 0 Å². The highest BCUT2D eigenvalue weighted by Crippen LogP contribution is 2.13. The van der Waals surface area contributed by atoms with Crippen LogP contribution < -0.4 is 10.1 Å². The summed E-state index contributed by atoms with van der Waals surface area (Å²) >= 11 is 0. The Labute approximate surface area is 130 Å². The maximum Gasteiger partial charge on any atom is 0.251 e. The minimum atomic E-state index is -0.633. The SMILES string of the molecule is CC(C)(CO)NC(=O)c1ccc(COc2ccccc2)cc1. The molecule has 2 aromatic carbocycles. The monoisotopic (exact) mass is 299 g/mol. The normalized spacial score (nSPS) is 11.0. The van der Waals surface area contributed by atoms with E-state index in [1.54, 1.807) is 26.0 Å². The van der Waals surface area contributed by atoms with Crippen LogP contribution in [-0.4, -0.2) is 23.2 Å². The summed E-state index contributed by atoms with van der Waals surface area (Å²) in [5, 5.41) is 12.0. The fraction of sp³-hybridized carbons (Fsp3) is 0.278. The summed E-state index contributed by atoms with van der Waals surface area (Å²) in [7, 11) is 0. The lowest BCUT2D eigenvalue weighted by molar-refractivity contribution is 0.0869. The number of para-hydroxylation sites is 1. The topological polar surface area (TPSA) is 58.6 Å². The van der Waals surface area contributed by atoms with Gasteiger partial charge in [-0.3, -0.25) is 4.79 Å². The highest BCUT2D eigenvalue weighted by Gasteiger charge is 2.19. The van der Waals surface area contributed by atoms with Crippen molar-refractivity contribution >= 4 is 5.91 Å². The summed E-state index contributed by atoms with van der Waals surface area (Å²) in [6.07, 6.45) is 0. The van der Waals surface area contributed by atoms with E-state index < -0.39 is 5.54 Å². The van der Waals surface area contributed by atoms with Crippen LogP contribution in [0.4, 0.5) is 0 Å². The molecular formula is C18H21NO3. The minimum absolute atomic E-state index is 0.109. The number of nitrogens with one attached hydrogen (secondary N) is 1. The number of hydrogen-bond donors (Lipinski definition) is 2. The van der Waals surface area contributed by atoms with Crippen LogP contribution in [0, 0.1) is 0 Å². The average Bonchev–Trinajstić information content (AvgIpc) is 2.54. The fourth-order valence-electron chi connectivity index (χ4n) is 1.85. The number of carbonyl (C=O) groups is 1. The van der Waals surface area contributed by atoms with E-state index in [4.69, 9.17) is 4.74 Å². The number of ether oxygens (including phenoxy) is 1. The van der Waals surface area contributed by atoms with Crippen molar-refractivity contribution in [3.05, 3.63) is 65.7 Å². The van der Waals surface area contributed by atoms with E-state index in [0.717, 1.165) is 11.3 Å². The Hall–Kier alpha value is -2.33. The number of rotatable bonds is 6. The van der Waals surface area contributed by atoms with Gasteiger partial charge in [-0.25, -0.2) is 0 Å². The predicted molar refractivity (Wildman–Crippen MR) is 85.8 cm³/mol. The Kier molecular flexibility index (Phi) is 5.17. The van der Waals surface area contributed by atoms with Gasteiger partial charge in [0.15, 0.2) is 0 Å². The zero-order valence-corrected chi connectivity index (χ0v) is 12.9. The summed E-state index contributed by atoms with van der Waals surface area (Å²) in [6, 6.07) is 16.8. The zero-order valence-electron chi connectivity index (χ0n) is 12.9. The van der Waals surface area contributed by atoms with Crippen LogP contribution in [0.15, 0.2) is 54.6 Å². The third-order valence-corrected chi connectivity index (χ3v) is 3.21. The average molecular weight is 299 g/mol. The molecule has 0 fully saturated rings. The molecule has 4 nitrogen and oxygen atoms in total. The van der Waals surface area contributed by atoms with Crippen molar-refractivity contribution < 1.29 is 14.6 Å². The molecule has 0 aliphatic carbocycles. The van der Waals surface area contributed by atoms with E-state index in [0.29, 0.717) is 12.2 Å². The molecule has 0 atom stereocenters. The van der Waals surface area contributed by atoms with Gasteiger partial charge in [0.25, 0.3) is 5.91 Å².